The Labute approximate surface area is 122 Å². The van der Waals surface area contributed by atoms with Crippen molar-refractivity contribution in [1.82, 2.24) is 10.3 Å². The molecule has 3 rings (SSSR count). The number of amides is 1. The Morgan fingerprint density at radius 2 is 2.40 bits per heavy atom. The van der Waals surface area contributed by atoms with E-state index in [0.29, 0.717) is 0 Å². The Morgan fingerprint density at radius 3 is 3.20 bits per heavy atom. The number of ether oxygens (including phenoxy) is 1. The molecule has 1 aromatic heterocycles. The number of H-pyrrole nitrogens is 1. The van der Waals surface area contributed by atoms with Crippen molar-refractivity contribution in [2.24, 2.45) is 0 Å². The maximum atomic E-state index is 11.7. The highest BCUT2D eigenvalue weighted by Crippen LogP contribution is 2.35. The molecule has 0 saturated carbocycles. The van der Waals surface area contributed by atoms with Crippen LogP contribution in [-0.2, 0) is 16.0 Å². The molecule has 1 atom stereocenters. The van der Waals surface area contributed by atoms with E-state index >= 15 is 0 Å². The van der Waals surface area contributed by atoms with E-state index in [4.69, 9.17) is 16.3 Å². The molecule has 0 unspecified atom stereocenters. The number of nitrogens with one attached hydrogen (secondary N) is 2. The molecule has 1 aromatic carbocycles. The number of benzene rings is 1. The summed E-state index contributed by atoms with van der Waals surface area (Å²) in [4.78, 5) is 15.1. The highest BCUT2D eigenvalue weighted by Gasteiger charge is 2.25. The average Bonchev–Trinajstić information content (AvgIpc) is 2.78. The lowest BCUT2D eigenvalue weighted by Crippen LogP contribution is -2.33. The number of hydrogen-bond donors (Lipinski definition) is 2. The molecular weight excluding hydrogens is 276 g/mol. The maximum absolute atomic E-state index is 11.7. The van der Waals surface area contributed by atoms with Gasteiger partial charge in [0.25, 0.3) is 0 Å². The van der Waals surface area contributed by atoms with Crippen LogP contribution in [0.4, 0.5) is 0 Å². The van der Waals surface area contributed by atoms with Crippen molar-refractivity contribution in [1.29, 1.82) is 0 Å². The van der Waals surface area contributed by atoms with Crippen molar-refractivity contribution in [3.8, 4) is 0 Å². The van der Waals surface area contributed by atoms with Gasteiger partial charge in [0.1, 0.15) is 6.61 Å². The van der Waals surface area contributed by atoms with E-state index in [9.17, 15) is 4.79 Å². The van der Waals surface area contributed by atoms with Crippen LogP contribution in [0.5, 0.6) is 0 Å². The first-order valence-corrected chi connectivity index (χ1v) is 7.15. The number of halogens is 1. The molecule has 4 nitrogen and oxygen atoms in total. The molecule has 2 N–H and O–H groups in total. The number of aryl methyl sites for hydroxylation is 1. The summed E-state index contributed by atoms with van der Waals surface area (Å²) in [5, 5.41) is 4.93. The van der Waals surface area contributed by atoms with E-state index in [1.807, 2.05) is 18.2 Å². The summed E-state index contributed by atoms with van der Waals surface area (Å²) in [6, 6.07) is 5.90. The number of fused-ring (bicyclic) bond motifs is 3. The first-order valence-electron chi connectivity index (χ1n) is 6.77. The standard InChI is InChI=1S/C15H17ClN2O2/c1-20-8-14(19)17-13-4-2-3-10-11-7-9(16)5-6-12(11)18-15(10)13/h5-7,13,18H,2-4,8H2,1H3,(H,17,19)/t13-/m1/s1. The molecule has 1 aliphatic carbocycles. The molecule has 0 bridgehead atoms. The Bertz CT molecular complexity index is 651. The van der Waals surface area contributed by atoms with Gasteiger partial charge in [-0.1, -0.05) is 11.6 Å². The second-order valence-corrected chi connectivity index (χ2v) is 5.59. The molecule has 0 saturated heterocycles. The van der Waals surface area contributed by atoms with Crippen molar-refractivity contribution in [3.05, 3.63) is 34.5 Å². The van der Waals surface area contributed by atoms with Crippen molar-refractivity contribution in [2.75, 3.05) is 13.7 Å². The van der Waals surface area contributed by atoms with E-state index < -0.39 is 0 Å². The smallest absolute Gasteiger partial charge is 0.246 e. The predicted molar refractivity (Wildman–Crippen MR) is 79.0 cm³/mol. The molecular formula is C15H17ClN2O2. The van der Waals surface area contributed by atoms with Crippen LogP contribution in [-0.4, -0.2) is 24.6 Å². The molecule has 1 heterocycles. The Hall–Kier alpha value is -1.52. The van der Waals surface area contributed by atoms with Gasteiger partial charge in [-0.3, -0.25) is 4.79 Å². The molecule has 20 heavy (non-hydrogen) atoms. The largest absolute Gasteiger partial charge is 0.375 e. The summed E-state index contributed by atoms with van der Waals surface area (Å²) >= 11 is 6.08. The van der Waals surface area contributed by atoms with Gasteiger partial charge in [0.2, 0.25) is 5.91 Å². The fourth-order valence-electron chi connectivity index (χ4n) is 2.95. The Morgan fingerprint density at radius 1 is 1.55 bits per heavy atom. The third kappa shape index (κ3) is 2.41. The molecule has 1 aliphatic rings. The number of methoxy groups -OCH3 is 1. The van der Waals surface area contributed by atoms with Crippen molar-refractivity contribution < 1.29 is 9.53 Å². The molecule has 0 aliphatic heterocycles. The third-order valence-electron chi connectivity index (χ3n) is 3.78. The Kier molecular flexibility index (Phi) is 3.68. The minimum absolute atomic E-state index is 0.0348. The molecule has 0 fully saturated rings. The normalized spacial score (nSPS) is 18.0. The number of carbonyl (C=O) groups excluding carboxylic acids is 1. The van der Waals surface area contributed by atoms with Crippen LogP contribution < -0.4 is 5.32 Å². The van der Waals surface area contributed by atoms with Gasteiger partial charge in [0.05, 0.1) is 6.04 Å². The zero-order chi connectivity index (χ0) is 14.1. The summed E-state index contributed by atoms with van der Waals surface area (Å²) < 4.78 is 4.87. The zero-order valence-electron chi connectivity index (χ0n) is 11.3. The predicted octanol–water partition coefficient (Wildman–Crippen LogP) is 2.96. The highest BCUT2D eigenvalue weighted by atomic mass is 35.5. The van der Waals surface area contributed by atoms with Gasteiger partial charge in [-0.15, -0.1) is 0 Å². The van der Waals surface area contributed by atoms with E-state index in [2.05, 4.69) is 10.3 Å². The Balaban J connectivity index is 1.96. The van der Waals surface area contributed by atoms with Crippen LogP contribution in [0.25, 0.3) is 10.9 Å². The fourth-order valence-corrected chi connectivity index (χ4v) is 3.12. The van der Waals surface area contributed by atoms with E-state index in [-0.39, 0.29) is 18.6 Å². The summed E-state index contributed by atoms with van der Waals surface area (Å²) in [6.45, 7) is 0.0951. The molecule has 5 heteroatoms. The van der Waals surface area contributed by atoms with Gasteiger partial charge < -0.3 is 15.0 Å². The zero-order valence-corrected chi connectivity index (χ0v) is 12.1. The monoisotopic (exact) mass is 292 g/mol. The SMILES string of the molecule is COCC(=O)N[C@@H]1CCCc2c1[nH]c1ccc(Cl)cc21. The average molecular weight is 293 g/mol. The van der Waals surface area contributed by atoms with Crippen molar-refractivity contribution in [3.63, 3.8) is 0 Å². The number of carbonyl (C=O) groups is 1. The number of aromatic amines is 1. The third-order valence-corrected chi connectivity index (χ3v) is 4.01. The molecule has 2 aromatic rings. The topological polar surface area (TPSA) is 54.1 Å². The fraction of sp³-hybridized carbons (Fsp3) is 0.400. The van der Waals surface area contributed by atoms with Gasteiger partial charge in [-0.25, -0.2) is 0 Å². The second kappa shape index (κ2) is 5.46. The highest BCUT2D eigenvalue weighted by molar-refractivity contribution is 6.31. The van der Waals surface area contributed by atoms with E-state index in [1.54, 1.807) is 0 Å². The quantitative estimate of drug-likeness (QED) is 0.914. The lowest BCUT2D eigenvalue weighted by atomic mass is 9.91. The van der Waals surface area contributed by atoms with Crippen LogP contribution in [0.3, 0.4) is 0 Å². The van der Waals surface area contributed by atoms with Gasteiger partial charge in [-0.05, 0) is 43.0 Å². The second-order valence-electron chi connectivity index (χ2n) is 5.15. The number of rotatable bonds is 3. The summed E-state index contributed by atoms with van der Waals surface area (Å²) in [5.41, 5.74) is 3.46. The number of hydrogen-bond acceptors (Lipinski definition) is 2. The minimum Gasteiger partial charge on any atom is -0.375 e. The molecule has 1 amide bonds. The van der Waals surface area contributed by atoms with Crippen LogP contribution in [0.1, 0.15) is 30.1 Å². The minimum atomic E-state index is -0.0814. The first-order chi connectivity index (χ1) is 9.69. The van der Waals surface area contributed by atoms with Gasteiger partial charge in [0, 0.05) is 28.7 Å². The molecule has 0 radical (unpaired) electrons. The summed E-state index contributed by atoms with van der Waals surface area (Å²) in [5.74, 6) is -0.0814. The van der Waals surface area contributed by atoms with E-state index in [1.165, 1.54) is 12.7 Å². The maximum Gasteiger partial charge on any atom is 0.246 e. The van der Waals surface area contributed by atoms with Gasteiger partial charge in [-0.2, -0.15) is 0 Å². The van der Waals surface area contributed by atoms with Crippen LogP contribution in [0, 0.1) is 0 Å². The summed E-state index contributed by atoms with van der Waals surface area (Å²) in [7, 11) is 1.52. The van der Waals surface area contributed by atoms with Crippen molar-refractivity contribution in [2.45, 2.75) is 25.3 Å². The van der Waals surface area contributed by atoms with Crippen LogP contribution in [0.2, 0.25) is 5.02 Å². The van der Waals surface area contributed by atoms with Crippen LogP contribution >= 0.6 is 11.6 Å². The van der Waals surface area contributed by atoms with Crippen molar-refractivity contribution >= 4 is 28.4 Å². The van der Waals surface area contributed by atoms with Gasteiger partial charge >= 0.3 is 0 Å². The first kappa shape index (κ1) is 13.5. The number of aromatic nitrogens is 1. The van der Waals surface area contributed by atoms with E-state index in [0.717, 1.165) is 40.9 Å². The van der Waals surface area contributed by atoms with Gasteiger partial charge in [0.15, 0.2) is 0 Å². The lowest BCUT2D eigenvalue weighted by Gasteiger charge is -2.23. The van der Waals surface area contributed by atoms with Crippen LogP contribution in [0.15, 0.2) is 18.2 Å². The lowest BCUT2D eigenvalue weighted by molar-refractivity contribution is -0.125. The molecule has 106 valence electrons. The molecule has 0 spiro atoms. The summed E-state index contributed by atoms with van der Waals surface area (Å²) in [6.07, 6.45) is 3.03.